The van der Waals surface area contributed by atoms with E-state index in [2.05, 4.69) is 31.2 Å². The first-order chi connectivity index (χ1) is 20.4. The van der Waals surface area contributed by atoms with E-state index in [0.717, 1.165) is 38.8 Å². The number of hydrazine groups is 1. The van der Waals surface area contributed by atoms with E-state index in [9.17, 15) is 13.9 Å². The molecule has 3 fully saturated rings. The molecule has 0 saturated carbocycles. The SMILES string of the molecule is C#Cc1c(F)ccc2cc(O)cc(-c3ncc4c(N5CCCCN5)nc(OC[C@@]56CCCN5C[C@H](F)C6)nc4c3F)c12. The van der Waals surface area contributed by atoms with E-state index in [-0.39, 0.29) is 46.1 Å². The van der Waals surface area contributed by atoms with E-state index in [1.54, 1.807) is 0 Å². The summed E-state index contributed by atoms with van der Waals surface area (Å²) in [7, 11) is 0. The number of aromatic nitrogens is 3. The lowest BCUT2D eigenvalue weighted by atomic mass is 9.95. The van der Waals surface area contributed by atoms with Crippen molar-refractivity contribution in [2.45, 2.75) is 43.8 Å². The van der Waals surface area contributed by atoms with Crippen LogP contribution in [-0.2, 0) is 0 Å². The summed E-state index contributed by atoms with van der Waals surface area (Å²) in [6, 6.07) is 5.40. The van der Waals surface area contributed by atoms with Gasteiger partial charge < -0.3 is 9.84 Å². The van der Waals surface area contributed by atoms with Gasteiger partial charge in [-0.25, -0.2) is 18.6 Å². The van der Waals surface area contributed by atoms with Crippen molar-refractivity contribution in [2.24, 2.45) is 0 Å². The first kappa shape index (κ1) is 26.7. The third kappa shape index (κ3) is 4.37. The maximum absolute atomic E-state index is 16.6. The third-order valence-corrected chi connectivity index (χ3v) is 8.69. The normalized spacial score (nSPS) is 22.5. The molecule has 3 aliphatic rings. The van der Waals surface area contributed by atoms with Crippen LogP contribution in [0.4, 0.5) is 19.0 Å². The molecule has 0 unspecified atom stereocenters. The Morgan fingerprint density at radius 2 is 2.05 bits per heavy atom. The molecule has 0 aliphatic carbocycles. The number of phenols is 1. The van der Waals surface area contributed by atoms with Crippen LogP contribution in [0.1, 0.15) is 37.7 Å². The van der Waals surface area contributed by atoms with Crippen LogP contribution in [0.25, 0.3) is 32.9 Å². The number of aromatic hydroxyl groups is 1. The van der Waals surface area contributed by atoms with Gasteiger partial charge in [-0.2, -0.15) is 9.97 Å². The predicted octanol–water partition coefficient (Wildman–Crippen LogP) is 4.87. The van der Waals surface area contributed by atoms with Crippen LogP contribution in [-0.4, -0.2) is 69.5 Å². The molecule has 2 N–H and O–H groups in total. The van der Waals surface area contributed by atoms with Crippen LogP contribution in [0.3, 0.4) is 0 Å². The standard InChI is InChI=1S/C31H29F3N6O2/c1-2-21-24(33)7-6-18-12-20(41)13-22(25(18)21)27-26(34)28-23(15-35-27)29(40-11-4-3-9-36-40)38-30(37-28)42-17-31-8-5-10-39(31)16-19(32)14-31/h1,6-7,12-13,15,19,36,41H,3-5,8-11,14,16-17H2/t19-,31+/m1/s1. The van der Waals surface area contributed by atoms with Crippen molar-refractivity contribution in [1.29, 1.82) is 0 Å². The number of phenolic OH excluding ortho intramolecular Hbond substituents is 1. The molecule has 0 radical (unpaired) electrons. The van der Waals surface area contributed by atoms with Gasteiger partial charge in [0.05, 0.1) is 16.5 Å². The molecule has 3 aliphatic heterocycles. The van der Waals surface area contributed by atoms with Gasteiger partial charge in [-0.1, -0.05) is 12.0 Å². The van der Waals surface area contributed by atoms with Crippen molar-refractivity contribution in [3.63, 3.8) is 0 Å². The number of terminal acetylenes is 1. The fraction of sp³-hybridized carbons (Fsp3) is 0.387. The highest BCUT2D eigenvalue weighted by atomic mass is 19.1. The van der Waals surface area contributed by atoms with Gasteiger partial charge in [0.2, 0.25) is 0 Å². The maximum atomic E-state index is 16.6. The second-order valence-electron chi connectivity index (χ2n) is 11.3. The highest BCUT2D eigenvalue weighted by Crippen LogP contribution is 2.41. The molecular weight excluding hydrogens is 545 g/mol. The molecule has 0 amide bonds. The van der Waals surface area contributed by atoms with Gasteiger partial charge in [-0.3, -0.25) is 14.9 Å². The van der Waals surface area contributed by atoms with Crippen LogP contribution < -0.4 is 15.2 Å². The number of anilines is 1. The molecule has 3 saturated heterocycles. The van der Waals surface area contributed by atoms with Crippen LogP contribution >= 0.6 is 0 Å². The molecule has 216 valence electrons. The van der Waals surface area contributed by atoms with Crippen molar-refractivity contribution in [2.75, 3.05) is 37.8 Å². The molecule has 4 aromatic rings. The zero-order valence-electron chi connectivity index (χ0n) is 22.8. The fourth-order valence-corrected chi connectivity index (χ4v) is 6.75. The fourth-order valence-electron chi connectivity index (χ4n) is 6.75. The Bertz CT molecular complexity index is 1760. The Morgan fingerprint density at radius 1 is 1.17 bits per heavy atom. The van der Waals surface area contributed by atoms with Crippen LogP contribution in [0.15, 0.2) is 30.5 Å². The smallest absolute Gasteiger partial charge is 0.319 e. The van der Waals surface area contributed by atoms with Crippen molar-refractivity contribution < 1.29 is 23.0 Å². The summed E-state index contributed by atoms with van der Waals surface area (Å²) in [6.45, 7) is 2.74. The van der Waals surface area contributed by atoms with E-state index in [1.807, 2.05) is 5.01 Å². The van der Waals surface area contributed by atoms with Crippen molar-refractivity contribution in [3.05, 3.63) is 47.7 Å². The van der Waals surface area contributed by atoms with Crippen LogP contribution in [0, 0.1) is 24.0 Å². The largest absolute Gasteiger partial charge is 0.508 e. The van der Waals surface area contributed by atoms with Gasteiger partial charge in [0.25, 0.3) is 0 Å². The van der Waals surface area contributed by atoms with Gasteiger partial charge in [0.1, 0.15) is 35.6 Å². The van der Waals surface area contributed by atoms with E-state index in [1.165, 1.54) is 30.5 Å². The van der Waals surface area contributed by atoms with Crippen molar-refractivity contribution >= 4 is 27.5 Å². The Morgan fingerprint density at radius 3 is 2.86 bits per heavy atom. The highest BCUT2D eigenvalue weighted by Gasteiger charge is 2.49. The summed E-state index contributed by atoms with van der Waals surface area (Å²) in [5, 5.41) is 13.3. The minimum atomic E-state index is -0.916. The number of rotatable bonds is 5. The zero-order chi connectivity index (χ0) is 29.0. The van der Waals surface area contributed by atoms with Crippen LogP contribution in [0.2, 0.25) is 0 Å². The summed E-state index contributed by atoms with van der Waals surface area (Å²) < 4.78 is 51.8. The van der Waals surface area contributed by atoms with Gasteiger partial charge in [0, 0.05) is 43.2 Å². The second kappa shape index (κ2) is 10.3. The van der Waals surface area contributed by atoms with Gasteiger partial charge in [0.15, 0.2) is 11.6 Å². The lowest BCUT2D eigenvalue weighted by Crippen LogP contribution is -2.44. The molecule has 2 aromatic heterocycles. The van der Waals surface area contributed by atoms with Gasteiger partial charge in [-0.15, -0.1) is 6.42 Å². The summed E-state index contributed by atoms with van der Waals surface area (Å²) in [5.41, 5.74) is 2.75. The monoisotopic (exact) mass is 574 g/mol. The number of benzene rings is 2. The minimum absolute atomic E-state index is 0.0272. The number of fused-ring (bicyclic) bond motifs is 3. The first-order valence-electron chi connectivity index (χ1n) is 14.2. The Kier molecular flexibility index (Phi) is 6.55. The number of alkyl halides is 1. The molecule has 11 heteroatoms. The number of hydrogen-bond acceptors (Lipinski definition) is 8. The summed E-state index contributed by atoms with van der Waals surface area (Å²) in [6.07, 6.45) is 10.2. The highest BCUT2D eigenvalue weighted by molar-refractivity contribution is 6.03. The molecule has 0 spiro atoms. The Labute approximate surface area is 240 Å². The Balaban J connectivity index is 1.38. The molecule has 2 aromatic carbocycles. The average Bonchev–Trinajstić information content (AvgIpc) is 3.52. The quantitative estimate of drug-likeness (QED) is 0.327. The van der Waals surface area contributed by atoms with Crippen LogP contribution in [0.5, 0.6) is 11.8 Å². The van der Waals surface area contributed by atoms with Crippen molar-refractivity contribution in [3.8, 4) is 35.4 Å². The summed E-state index contributed by atoms with van der Waals surface area (Å²) in [5.74, 6) is 1.19. The second-order valence-corrected chi connectivity index (χ2v) is 11.3. The predicted molar refractivity (Wildman–Crippen MR) is 153 cm³/mol. The Hall–Kier alpha value is -4.14. The number of ether oxygens (including phenoxy) is 1. The van der Waals surface area contributed by atoms with Gasteiger partial charge >= 0.3 is 6.01 Å². The molecule has 0 bridgehead atoms. The third-order valence-electron chi connectivity index (χ3n) is 8.69. The molecule has 7 rings (SSSR count). The van der Waals surface area contributed by atoms with E-state index < -0.39 is 23.3 Å². The summed E-state index contributed by atoms with van der Waals surface area (Å²) in [4.78, 5) is 15.7. The lowest BCUT2D eigenvalue weighted by molar-refractivity contribution is 0.107. The zero-order valence-corrected chi connectivity index (χ0v) is 22.8. The summed E-state index contributed by atoms with van der Waals surface area (Å²) >= 11 is 0. The maximum Gasteiger partial charge on any atom is 0.319 e. The molecule has 42 heavy (non-hydrogen) atoms. The minimum Gasteiger partial charge on any atom is -0.508 e. The number of halogens is 3. The number of hydrogen-bond donors (Lipinski definition) is 2. The molecule has 2 atom stereocenters. The topological polar surface area (TPSA) is 86.6 Å². The lowest BCUT2D eigenvalue weighted by Gasteiger charge is -2.31. The van der Waals surface area contributed by atoms with Gasteiger partial charge in [-0.05, 0) is 55.8 Å². The van der Waals surface area contributed by atoms with E-state index >= 15 is 4.39 Å². The number of nitrogens with one attached hydrogen (secondary N) is 1. The first-order valence-corrected chi connectivity index (χ1v) is 14.2. The van der Waals surface area contributed by atoms with E-state index in [4.69, 9.17) is 11.2 Å². The number of pyridine rings is 1. The molecule has 8 nitrogen and oxygen atoms in total. The average molecular weight is 575 g/mol. The van der Waals surface area contributed by atoms with Crippen molar-refractivity contribution in [1.82, 2.24) is 25.3 Å². The molecule has 5 heterocycles. The molecular formula is C31H29F3N6O2. The number of nitrogens with zero attached hydrogens (tertiary/aromatic N) is 5. The van der Waals surface area contributed by atoms with E-state index in [0.29, 0.717) is 36.1 Å².